The van der Waals surface area contributed by atoms with Gasteiger partial charge in [0.05, 0.1) is 16.5 Å². The molecule has 0 radical (unpaired) electrons. The van der Waals surface area contributed by atoms with Gasteiger partial charge in [-0.3, -0.25) is 4.79 Å². The first-order valence-corrected chi connectivity index (χ1v) is 9.12. The van der Waals surface area contributed by atoms with Crippen LogP contribution in [0.1, 0.15) is 10.4 Å². The van der Waals surface area contributed by atoms with Crippen molar-refractivity contribution in [1.29, 1.82) is 0 Å². The fourth-order valence-corrected chi connectivity index (χ4v) is 4.24. The van der Waals surface area contributed by atoms with Crippen LogP contribution in [-0.4, -0.2) is 21.6 Å². The number of hydrogen-bond acceptors (Lipinski definition) is 5. The van der Waals surface area contributed by atoms with Gasteiger partial charge in [0.2, 0.25) is 5.91 Å². The molecule has 4 nitrogen and oxygen atoms in total. The minimum absolute atomic E-state index is 0.112. The van der Waals surface area contributed by atoms with Gasteiger partial charge in [-0.2, -0.15) is 0 Å². The molecule has 0 bridgehead atoms. The standard InChI is InChI=1S/C16H14ClN3OS2/c1-9-10(2)23-16-14(9)15(18-8-19-16)22-7-13(21)20-12-6-4-3-5-11(12)17/h3-6,8H,7H2,1-2H3,(H,20,21). The zero-order valence-electron chi connectivity index (χ0n) is 12.6. The Balaban J connectivity index is 1.74. The first-order chi connectivity index (χ1) is 11.1. The highest BCUT2D eigenvalue weighted by Crippen LogP contribution is 2.34. The number of rotatable bonds is 4. The number of thiophene rings is 1. The highest BCUT2D eigenvalue weighted by atomic mass is 35.5. The number of para-hydroxylation sites is 1. The SMILES string of the molecule is Cc1sc2ncnc(SCC(=O)Nc3ccccc3Cl)c2c1C. The number of halogens is 1. The Bertz CT molecular complexity index is 879. The van der Waals surface area contributed by atoms with Crippen LogP contribution >= 0.6 is 34.7 Å². The monoisotopic (exact) mass is 363 g/mol. The second kappa shape index (κ2) is 6.86. The van der Waals surface area contributed by atoms with E-state index in [4.69, 9.17) is 11.6 Å². The summed E-state index contributed by atoms with van der Waals surface area (Å²) in [6.07, 6.45) is 1.55. The predicted molar refractivity (Wildman–Crippen MR) is 97.7 cm³/mol. The van der Waals surface area contributed by atoms with Gasteiger partial charge < -0.3 is 5.32 Å². The smallest absolute Gasteiger partial charge is 0.234 e. The first kappa shape index (κ1) is 16.2. The first-order valence-electron chi connectivity index (χ1n) is 6.94. The van der Waals surface area contributed by atoms with Gasteiger partial charge in [0.15, 0.2) is 0 Å². The van der Waals surface area contributed by atoms with E-state index in [1.165, 1.54) is 22.2 Å². The molecule has 0 atom stereocenters. The number of amides is 1. The minimum Gasteiger partial charge on any atom is -0.324 e. The van der Waals surface area contributed by atoms with E-state index < -0.39 is 0 Å². The van der Waals surface area contributed by atoms with Crippen molar-refractivity contribution in [3.05, 3.63) is 46.1 Å². The third kappa shape index (κ3) is 3.49. The number of thioether (sulfide) groups is 1. The summed E-state index contributed by atoms with van der Waals surface area (Å²) in [6, 6.07) is 7.18. The van der Waals surface area contributed by atoms with E-state index >= 15 is 0 Å². The number of fused-ring (bicyclic) bond motifs is 1. The Morgan fingerprint density at radius 2 is 2.09 bits per heavy atom. The number of aromatic nitrogens is 2. The number of hydrogen-bond donors (Lipinski definition) is 1. The van der Waals surface area contributed by atoms with Crippen molar-refractivity contribution in [3.8, 4) is 0 Å². The second-order valence-corrected chi connectivity index (χ2v) is 7.53. The molecule has 0 fully saturated rings. The van der Waals surface area contributed by atoms with Crippen LogP contribution in [0.15, 0.2) is 35.6 Å². The number of carbonyl (C=O) groups is 1. The van der Waals surface area contributed by atoms with Crippen LogP contribution in [-0.2, 0) is 4.79 Å². The summed E-state index contributed by atoms with van der Waals surface area (Å²) < 4.78 is 0. The molecule has 0 aliphatic heterocycles. The van der Waals surface area contributed by atoms with Crippen molar-refractivity contribution < 1.29 is 4.79 Å². The lowest BCUT2D eigenvalue weighted by atomic mass is 10.2. The zero-order chi connectivity index (χ0) is 16.4. The maximum absolute atomic E-state index is 12.1. The van der Waals surface area contributed by atoms with Crippen LogP contribution in [0.2, 0.25) is 5.02 Å². The summed E-state index contributed by atoms with van der Waals surface area (Å²) >= 11 is 9.11. The minimum atomic E-state index is -0.112. The molecule has 0 aliphatic rings. The average Bonchev–Trinajstić information content (AvgIpc) is 2.83. The molecular weight excluding hydrogens is 350 g/mol. The molecule has 2 aromatic heterocycles. The van der Waals surface area contributed by atoms with Gasteiger partial charge in [0, 0.05) is 10.3 Å². The van der Waals surface area contributed by atoms with Crippen molar-refractivity contribution in [2.45, 2.75) is 18.9 Å². The molecule has 0 saturated carbocycles. The van der Waals surface area contributed by atoms with Gasteiger partial charge in [-0.05, 0) is 31.5 Å². The summed E-state index contributed by atoms with van der Waals surface area (Å²) in [5, 5.41) is 5.23. The van der Waals surface area contributed by atoms with Crippen LogP contribution in [0.25, 0.3) is 10.2 Å². The van der Waals surface area contributed by atoms with E-state index in [1.807, 2.05) is 12.1 Å². The van der Waals surface area contributed by atoms with Gasteiger partial charge >= 0.3 is 0 Å². The number of aryl methyl sites for hydroxylation is 2. The molecule has 0 unspecified atom stereocenters. The van der Waals surface area contributed by atoms with Gasteiger partial charge in [-0.15, -0.1) is 11.3 Å². The molecule has 0 aliphatic carbocycles. The molecule has 2 heterocycles. The van der Waals surface area contributed by atoms with Gasteiger partial charge in [-0.1, -0.05) is 35.5 Å². The van der Waals surface area contributed by atoms with Gasteiger partial charge in [0.25, 0.3) is 0 Å². The summed E-state index contributed by atoms with van der Waals surface area (Å²) in [5.41, 5.74) is 1.80. The molecule has 3 aromatic rings. The Morgan fingerprint density at radius 3 is 2.87 bits per heavy atom. The molecule has 23 heavy (non-hydrogen) atoms. The third-order valence-electron chi connectivity index (χ3n) is 3.42. The number of benzene rings is 1. The van der Waals surface area contributed by atoms with Crippen LogP contribution < -0.4 is 5.32 Å². The summed E-state index contributed by atoms with van der Waals surface area (Å²) in [5.74, 6) is 0.158. The van der Waals surface area contributed by atoms with Crippen molar-refractivity contribution in [3.63, 3.8) is 0 Å². The van der Waals surface area contributed by atoms with E-state index in [-0.39, 0.29) is 11.7 Å². The third-order valence-corrected chi connectivity index (χ3v) is 5.85. The van der Waals surface area contributed by atoms with Crippen molar-refractivity contribution in [1.82, 2.24) is 9.97 Å². The lowest BCUT2D eigenvalue weighted by molar-refractivity contribution is -0.113. The van der Waals surface area contributed by atoms with E-state index in [1.54, 1.807) is 29.8 Å². The van der Waals surface area contributed by atoms with E-state index in [0.717, 1.165) is 15.2 Å². The molecule has 0 spiro atoms. The highest BCUT2D eigenvalue weighted by Gasteiger charge is 2.14. The predicted octanol–water partition coefficient (Wildman–Crippen LogP) is 4.69. The van der Waals surface area contributed by atoms with E-state index in [0.29, 0.717) is 10.7 Å². The number of carbonyl (C=O) groups excluding carboxylic acids is 1. The number of nitrogens with zero attached hydrogens (tertiary/aromatic N) is 2. The summed E-state index contributed by atoms with van der Waals surface area (Å²) in [6.45, 7) is 4.13. The van der Waals surface area contributed by atoms with Crippen molar-refractivity contribution in [2.24, 2.45) is 0 Å². The zero-order valence-corrected chi connectivity index (χ0v) is 15.0. The van der Waals surface area contributed by atoms with Crippen molar-refractivity contribution >= 4 is 56.5 Å². The lowest BCUT2D eigenvalue weighted by Gasteiger charge is -2.07. The quantitative estimate of drug-likeness (QED) is 0.539. The summed E-state index contributed by atoms with van der Waals surface area (Å²) in [4.78, 5) is 23.0. The van der Waals surface area contributed by atoms with Gasteiger partial charge in [0.1, 0.15) is 16.2 Å². The van der Waals surface area contributed by atoms with Gasteiger partial charge in [-0.25, -0.2) is 9.97 Å². The van der Waals surface area contributed by atoms with Crippen LogP contribution in [0.4, 0.5) is 5.69 Å². The Kier molecular flexibility index (Phi) is 4.84. The highest BCUT2D eigenvalue weighted by molar-refractivity contribution is 8.00. The van der Waals surface area contributed by atoms with E-state index in [9.17, 15) is 4.79 Å². The second-order valence-electron chi connectivity index (χ2n) is 4.96. The Morgan fingerprint density at radius 1 is 1.30 bits per heavy atom. The van der Waals surface area contributed by atoms with Crippen LogP contribution in [0, 0.1) is 13.8 Å². The molecule has 3 rings (SSSR count). The Hall–Kier alpha value is -1.63. The summed E-state index contributed by atoms with van der Waals surface area (Å²) in [7, 11) is 0. The topological polar surface area (TPSA) is 54.9 Å². The largest absolute Gasteiger partial charge is 0.324 e. The van der Waals surface area contributed by atoms with E-state index in [2.05, 4.69) is 29.1 Å². The Labute approximate surface area is 147 Å². The maximum Gasteiger partial charge on any atom is 0.234 e. The van der Waals surface area contributed by atoms with Crippen LogP contribution in [0.3, 0.4) is 0 Å². The number of nitrogens with one attached hydrogen (secondary N) is 1. The maximum atomic E-state index is 12.1. The average molecular weight is 364 g/mol. The lowest BCUT2D eigenvalue weighted by Crippen LogP contribution is -2.14. The normalized spacial score (nSPS) is 10.9. The fraction of sp³-hybridized carbons (Fsp3) is 0.188. The molecule has 118 valence electrons. The van der Waals surface area contributed by atoms with Crippen molar-refractivity contribution in [2.75, 3.05) is 11.1 Å². The van der Waals surface area contributed by atoms with Crippen LogP contribution in [0.5, 0.6) is 0 Å². The molecular formula is C16H14ClN3OS2. The molecule has 1 amide bonds. The number of anilines is 1. The molecule has 1 aromatic carbocycles. The molecule has 1 N–H and O–H groups in total. The molecule has 0 saturated heterocycles. The molecule has 7 heteroatoms. The fourth-order valence-electron chi connectivity index (χ4n) is 2.14.